The van der Waals surface area contributed by atoms with Gasteiger partial charge in [-0.2, -0.15) is 0 Å². The molecule has 1 atom stereocenters. The first-order chi connectivity index (χ1) is 8.70. The maximum absolute atomic E-state index is 6.03. The molecule has 2 rings (SSSR count). The van der Waals surface area contributed by atoms with Gasteiger partial charge in [-0.3, -0.25) is 0 Å². The summed E-state index contributed by atoms with van der Waals surface area (Å²) < 4.78 is 5.79. The lowest BCUT2D eigenvalue weighted by molar-refractivity contribution is 0.0216. The predicted molar refractivity (Wildman–Crippen MR) is 80.9 cm³/mol. The first-order valence-electron chi connectivity index (χ1n) is 6.38. The van der Waals surface area contributed by atoms with Gasteiger partial charge in [0.15, 0.2) is 0 Å². The average Bonchev–Trinajstić information content (AvgIpc) is 2.39. The van der Waals surface area contributed by atoms with Gasteiger partial charge in [0.1, 0.15) is 0 Å². The van der Waals surface area contributed by atoms with Crippen LogP contribution >= 0.6 is 27.5 Å². The minimum Gasteiger partial charge on any atom is -0.376 e. The molecule has 1 aromatic rings. The monoisotopic (exact) mass is 331 g/mol. The maximum Gasteiger partial charge on any atom is 0.0749 e. The summed E-state index contributed by atoms with van der Waals surface area (Å²) in [7, 11) is 2.12. The Bertz CT molecular complexity index is 393. The van der Waals surface area contributed by atoms with Crippen LogP contribution < -0.4 is 4.90 Å². The van der Waals surface area contributed by atoms with E-state index in [0.717, 1.165) is 23.5 Å². The largest absolute Gasteiger partial charge is 0.376 e. The van der Waals surface area contributed by atoms with E-state index in [1.54, 1.807) is 0 Å². The molecule has 1 heterocycles. The third-order valence-corrected chi connectivity index (χ3v) is 4.19. The fraction of sp³-hybridized carbons (Fsp3) is 0.571. The minimum atomic E-state index is 0.364. The van der Waals surface area contributed by atoms with Gasteiger partial charge in [-0.25, -0.2) is 0 Å². The Kier molecular flexibility index (Phi) is 5.34. The zero-order valence-corrected chi connectivity index (χ0v) is 13.0. The molecule has 4 heteroatoms. The lowest BCUT2D eigenvalue weighted by atomic mass is 10.1. The van der Waals surface area contributed by atoms with Crippen molar-refractivity contribution < 1.29 is 4.74 Å². The molecule has 0 bridgehead atoms. The van der Waals surface area contributed by atoms with Crippen LogP contribution in [0, 0.1) is 0 Å². The number of halogens is 2. The quantitative estimate of drug-likeness (QED) is 0.765. The number of benzene rings is 1. The molecule has 0 N–H and O–H groups in total. The van der Waals surface area contributed by atoms with Gasteiger partial charge < -0.3 is 9.64 Å². The zero-order valence-electron chi connectivity index (χ0n) is 10.7. The van der Waals surface area contributed by atoms with Crippen molar-refractivity contribution in [3.8, 4) is 0 Å². The van der Waals surface area contributed by atoms with Crippen LogP contribution in [0.25, 0.3) is 0 Å². The molecule has 0 aromatic heterocycles. The van der Waals surface area contributed by atoms with Gasteiger partial charge in [-0.15, -0.1) is 0 Å². The highest BCUT2D eigenvalue weighted by molar-refractivity contribution is 9.08. The maximum atomic E-state index is 6.03. The van der Waals surface area contributed by atoms with Crippen molar-refractivity contribution in [3.63, 3.8) is 0 Å². The van der Waals surface area contributed by atoms with Crippen LogP contribution in [0.5, 0.6) is 0 Å². The molecule has 0 saturated carbocycles. The average molecular weight is 333 g/mol. The summed E-state index contributed by atoms with van der Waals surface area (Å²) in [6.07, 6.45) is 4.02. The van der Waals surface area contributed by atoms with Crippen LogP contribution in [0.3, 0.4) is 0 Å². The van der Waals surface area contributed by atoms with E-state index >= 15 is 0 Å². The highest BCUT2D eigenvalue weighted by Crippen LogP contribution is 2.26. The standard InChI is InChI=1S/C14H19BrClNO/c1-17(10-13-4-2-3-7-18-13)14-6-5-12(16)8-11(14)9-15/h5-6,8,13H,2-4,7,9-10H2,1H3. The second-order valence-corrected chi connectivity index (χ2v) is 5.77. The molecule has 1 unspecified atom stereocenters. The summed E-state index contributed by atoms with van der Waals surface area (Å²) >= 11 is 9.55. The molecule has 0 amide bonds. The fourth-order valence-corrected chi connectivity index (χ4v) is 3.03. The topological polar surface area (TPSA) is 12.5 Å². The summed E-state index contributed by atoms with van der Waals surface area (Å²) in [4.78, 5) is 2.27. The Morgan fingerprint density at radius 1 is 1.44 bits per heavy atom. The smallest absolute Gasteiger partial charge is 0.0749 e. The van der Waals surface area contributed by atoms with Gasteiger partial charge in [0.2, 0.25) is 0 Å². The Morgan fingerprint density at radius 3 is 2.94 bits per heavy atom. The predicted octanol–water partition coefficient (Wildman–Crippen LogP) is 4.24. The van der Waals surface area contributed by atoms with Crippen LogP contribution in [0.4, 0.5) is 5.69 Å². The normalized spacial score (nSPS) is 19.8. The molecule has 0 spiro atoms. The molecule has 1 saturated heterocycles. The van der Waals surface area contributed by atoms with E-state index in [0.29, 0.717) is 6.10 Å². The first kappa shape index (κ1) is 14.2. The van der Waals surface area contributed by atoms with Crippen LogP contribution in [0.2, 0.25) is 5.02 Å². The summed E-state index contributed by atoms with van der Waals surface area (Å²) in [6.45, 7) is 1.85. The van der Waals surface area contributed by atoms with Crippen molar-refractivity contribution in [2.75, 3.05) is 25.1 Å². The van der Waals surface area contributed by atoms with Crippen molar-refractivity contribution in [2.45, 2.75) is 30.7 Å². The second-order valence-electron chi connectivity index (χ2n) is 4.78. The summed E-state index contributed by atoms with van der Waals surface area (Å²) in [5, 5.41) is 1.61. The van der Waals surface area contributed by atoms with Crippen molar-refractivity contribution in [1.29, 1.82) is 0 Å². The van der Waals surface area contributed by atoms with E-state index in [-0.39, 0.29) is 0 Å². The van der Waals surface area contributed by atoms with Crippen molar-refractivity contribution in [1.82, 2.24) is 0 Å². The Hall–Kier alpha value is -0.250. The van der Waals surface area contributed by atoms with Crippen LogP contribution in [0.15, 0.2) is 18.2 Å². The molecule has 1 aliphatic heterocycles. The molecule has 18 heavy (non-hydrogen) atoms. The molecule has 1 aliphatic rings. The number of rotatable bonds is 4. The number of hydrogen-bond donors (Lipinski definition) is 0. The Morgan fingerprint density at radius 2 is 2.28 bits per heavy atom. The number of hydrogen-bond acceptors (Lipinski definition) is 2. The van der Waals surface area contributed by atoms with Crippen molar-refractivity contribution in [2.24, 2.45) is 0 Å². The lowest BCUT2D eigenvalue weighted by Crippen LogP contribution is -2.33. The van der Waals surface area contributed by atoms with Gasteiger partial charge in [0, 0.05) is 36.2 Å². The van der Waals surface area contributed by atoms with Gasteiger partial charge >= 0.3 is 0 Å². The van der Waals surface area contributed by atoms with E-state index in [1.165, 1.54) is 30.5 Å². The Balaban J connectivity index is 2.05. The van der Waals surface area contributed by atoms with Gasteiger partial charge in [-0.1, -0.05) is 27.5 Å². The van der Waals surface area contributed by atoms with Crippen molar-refractivity contribution in [3.05, 3.63) is 28.8 Å². The fourth-order valence-electron chi connectivity index (χ4n) is 2.39. The molecule has 2 nitrogen and oxygen atoms in total. The van der Waals surface area contributed by atoms with Gasteiger partial charge in [0.25, 0.3) is 0 Å². The second kappa shape index (κ2) is 6.78. The van der Waals surface area contributed by atoms with Crippen LogP contribution in [0.1, 0.15) is 24.8 Å². The number of alkyl halides is 1. The van der Waals surface area contributed by atoms with Gasteiger partial charge in [-0.05, 0) is 43.0 Å². The Labute approximate surface area is 122 Å². The third kappa shape index (κ3) is 3.62. The molecular weight excluding hydrogens is 314 g/mol. The minimum absolute atomic E-state index is 0.364. The van der Waals surface area contributed by atoms with E-state index in [4.69, 9.17) is 16.3 Å². The van der Waals surface area contributed by atoms with Crippen molar-refractivity contribution >= 4 is 33.2 Å². The first-order valence-corrected chi connectivity index (χ1v) is 7.88. The van der Waals surface area contributed by atoms with Crippen LogP contribution in [-0.2, 0) is 10.1 Å². The highest BCUT2D eigenvalue weighted by Gasteiger charge is 2.17. The SMILES string of the molecule is CN(CC1CCCCO1)c1ccc(Cl)cc1CBr. The zero-order chi connectivity index (χ0) is 13.0. The lowest BCUT2D eigenvalue weighted by Gasteiger charge is -2.29. The van der Waals surface area contributed by atoms with E-state index in [2.05, 4.69) is 33.9 Å². The molecule has 0 aliphatic carbocycles. The van der Waals surface area contributed by atoms with Crippen LogP contribution in [-0.4, -0.2) is 26.3 Å². The molecule has 100 valence electrons. The highest BCUT2D eigenvalue weighted by atomic mass is 79.9. The molecular formula is C14H19BrClNO. The molecule has 1 fully saturated rings. The van der Waals surface area contributed by atoms with E-state index in [9.17, 15) is 0 Å². The number of nitrogens with zero attached hydrogens (tertiary/aromatic N) is 1. The number of ether oxygens (including phenoxy) is 1. The molecule has 1 aromatic carbocycles. The van der Waals surface area contributed by atoms with Gasteiger partial charge in [0.05, 0.1) is 6.10 Å². The summed E-state index contributed by atoms with van der Waals surface area (Å²) in [6, 6.07) is 6.05. The summed E-state index contributed by atoms with van der Waals surface area (Å²) in [5.41, 5.74) is 2.45. The number of likely N-dealkylation sites (N-methyl/N-ethyl adjacent to an activating group) is 1. The van der Waals surface area contributed by atoms with E-state index in [1.807, 2.05) is 12.1 Å². The summed E-state index contributed by atoms with van der Waals surface area (Å²) in [5.74, 6) is 0. The molecule has 0 radical (unpaired) electrons. The van der Waals surface area contributed by atoms with E-state index < -0.39 is 0 Å². The number of anilines is 1. The third-order valence-electron chi connectivity index (χ3n) is 3.35.